The number of amides is 1. The van der Waals surface area contributed by atoms with Crippen LogP contribution in [0.4, 0.5) is 11.4 Å². The smallest absolute Gasteiger partial charge is 0.340 e. The van der Waals surface area contributed by atoms with Gasteiger partial charge in [-0.25, -0.2) is 4.79 Å². The number of nitrogens with two attached hydrogens (primary N) is 1. The fraction of sp³-hybridized carbons (Fsp3) is 0.467. The first-order chi connectivity index (χ1) is 10.0. The summed E-state index contributed by atoms with van der Waals surface area (Å²) in [5.74, 6) is -0.334. The van der Waals surface area contributed by atoms with E-state index in [4.69, 9.17) is 10.5 Å². The molecular weight excluding hydrogens is 270 g/mol. The van der Waals surface area contributed by atoms with E-state index < -0.39 is 5.97 Å². The standard InChI is InChI=1S/C15H21N3O3/c1-11(19)17-6-3-7-18(9-8-17)12-4-5-14(16)13(10-12)15(20)21-2/h4-5,10H,3,6-9,16H2,1-2H3. The van der Waals surface area contributed by atoms with E-state index in [1.807, 2.05) is 11.0 Å². The number of ether oxygens (including phenoxy) is 1. The predicted molar refractivity (Wildman–Crippen MR) is 81.3 cm³/mol. The van der Waals surface area contributed by atoms with E-state index in [1.54, 1.807) is 19.1 Å². The summed E-state index contributed by atoms with van der Waals surface area (Å²) >= 11 is 0. The van der Waals surface area contributed by atoms with Gasteiger partial charge in [-0.15, -0.1) is 0 Å². The minimum atomic E-state index is -0.436. The van der Waals surface area contributed by atoms with Gasteiger partial charge in [-0.2, -0.15) is 0 Å². The van der Waals surface area contributed by atoms with Crippen molar-refractivity contribution >= 4 is 23.3 Å². The summed E-state index contributed by atoms with van der Waals surface area (Å²) in [6.45, 7) is 4.63. The van der Waals surface area contributed by atoms with E-state index in [0.29, 0.717) is 17.8 Å². The van der Waals surface area contributed by atoms with Crippen molar-refractivity contribution in [3.05, 3.63) is 23.8 Å². The number of hydrogen-bond acceptors (Lipinski definition) is 5. The van der Waals surface area contributed by atoms with Crippen LogP contribution in [0.2, 0.25) is 0 Å². The van der Waals surface area contributed by atoms with Gasteiger partial charge >= 0.3 is 5.97 Å². The second-order valence-corrected chi connectivity index (χ2v) is 5.11. The van der Waals surface area contributed by atoms with Crippen LogP contribution in [0.5, 0.6) is 0 Å². The van der Waals surface area contributed by atoms with Crippen LogP contribution in [-0.2, 0) is 9.53 Å². The molecule has 1 saturated heterocycles. The molecule has 2 rings (SSSR count). The van der Waals surface area contributed by atoms with Crippen LogP contribution in [0.15, 0.2) is 18.2 Å². The topological polar surface area (TPSA) is 75.9 Å². The molecule has 1 aromatic carbocycles. The molecule has 0 unspecified atom stereocenters. The second-order valence-electron chi connectivity index (χ2n) is 5.11. The van der Waals surface area contributed by atoms with Crippen molar-refractivity contribution < 1.29 is 14.3 Å². The maximum absolute atomic E-state index is 11.7. The molecule has 0 aliphatic carbocycles. The first-order valence-corrected chi connectivity index (χ1v) is 7.01. The molecule has 0 saturated carbocycles. The molecule has 2 N–H and O–H groups in total. The summed E-state index contributed by atoms with van der Waals surface area (Å²) in [5.41, 5.74) is 7.53. The number of esters is 1. The Balaban J connectivity index is 2.18. The maximum Gasteiger partial charge on any atom is 0.340 e. The molecule has 1 heterocycles. The molecule has 0 aromatic heterocycles. The SMILES string of the molecule is COC(=O)c1cc(N2CCCN(C(C)=O)CC2)ccc1N. The van der Waals surface area contributed by atoms with E-state index in [0.717, 1.165) is 31.7 Å². The average Bonchev–Trinajstić information content (AvgIpc) is 2.73. The molecule has 0 bridgehead atoms. The Morgan fingerprint density at radius 1 is 1.19 bits per heavy atom. The third-order valence-corrected chi connectivity index (χ3v) is 3.75. The van der Waals surface area contributed by atoms with Gasteiger partial charge in [0.15, 0.2) is 0 Å². The summed E-state index contributed by atoms with van der Waals surface area (Å²) in [7, 11) is 1.34. The zero-order valence-corrected chi connectivity index (χ0v) is 12.5. The van der Waals surface area contributed by atoms with Crippen molar-refractivity contribution in [2.45, 2.75) is 13.3 Å². The van der Waals surface area contributed by atoms with Crippen molar-refractivity contribution in [2.75, 3.05) is 43.9 Å². The Bertz CT molecular complexity index is 545. The molecule has 0 radical (unpaired) electrons. The van der Waals surface area contributed by atoms with Gasteiger partial charge in [-0.3, -0.25) is 4.79 Å². The van der Waals surface area contributed by atoms with Crippen LogP contribution in [0, 0.1) is 0 Å². The largest absolute Gasteiger partial charge is 0.465 e. The Kier molecular flexibility index (Phi) is 4.67. The fourth-order valence-electron chi connectivity index (χ4n) is 2.52. The zero-order chi connectivity index (χ0) is 15.4. The lowest BCUT2D eigenvalue weighted by atomic mass is 10.1. The van der Waals surface area contributed by atoms with Crippen LogP contribution >= 0.6 is 0 Å². The van der Waals surface area contributed by atoms with Gasteiger partial charge in [-0.05, 0) is 24.6 Å². The highest BCUT2D eigenvalue weighted by molar-refractivity contribution is 5.96. The molecule has 1 aromatic rings. The highest BCUT2D eigenvalue weighted by atomic mass is 16.5. The molecule has 21 heavy (non-hydrogen) atoms. The van der Waals surface area contributed by atoms with Gasteiger partial charge in [0.25, 0.3) is 0 Å². The van der Waals surface area contributed by atoms with Gasteiger partial charge in [0.1, 0.15) is 0 Å². The van der Waals surface area contributed by atoms with Crippen LogP contribution in [0.1, 0.15) is 23.7 Å². The molecule has 1 amide bonds. The third kappa shape index (κ3) is 3.45. The van der Waals surface area contributed by atoms with Crippen LogP contribution in [0.25, 0.3) is 0 Å². The van der Waals surface area contributed by atoms with E-state index >= 15 is 0 Å². The monoisotopic (exact) mass is 291 g/mol. The molecule has 1 aliphatic heterocycles. The molecule has 114 valence electrons. The number of benzene rings is 1. The van der Waals surface area contributed by atoms with Gasteiger partial charge in [0.05, 0.1) is 12.7 Å². The molecule has 1 aliphatic rings. The lowest BCUT2D eigenvalue weighted by molar-refractivity contribution is -0.128. The Labute approximate surface area is 124 Å². The normalized spacial score (nSPS) is 15.5. The van der Waals surface area contributed by atoms with E-state index in [2.05, 4.69) is 4.90 Å². The van der Waals surface area contributed by atoms with Crippen molar-refractivity contribution in [2.24, 2.45) is 0 Å². The highest BCUT2D eigenvalue weighted by Gasteiger charge is 2.18. The quantitative estimate of drug-likeness (QED) is 0.652. The summed E-state index contributed by atoms with van der Waals surface area (Å²) in [4.78, 5) is 27.2. The number of nitrogen functional groups attached to an aromatic ring is 1. The first kappa shape index (κ1) is 15.2. The molecule has 0 atom stereocenters. The molecular formula is C15H21N3O3. The lowest BCUT2D eigenvalue weighted by Gasteiger charge is -2.24. The molecule has 0 spiro atoms. The molecule has 6 nitrogen and oxygen atoms in total. The number of hydrogen-bond donors (Lipinski definition) is 1. The average molecular weight is 291 g/mol. The van der Waals surface area contributed by atoms with Crippen molar-refractivity contribution in [1.82, 2.24) is 4.90 Å². The fourth-order valence-corrected chi connectivity index (χ4v) is 2.52. The van der Waals surface area contributed by atoms with Crippen LogP contribution in [0.3, 0.4) is 0 Å². The van der Waals surface area contributed by atoms with Crippen molar-refractivity contribution in [3.8, 4) is 0 Å². The number of nitrogens with zero attached hydrogens (tertiary/aromatic N) is 2. The van der Waals surface area contributed by atoms with Gasteiger partial charge in [-0.1, -0.05) is 0 Å². The summed E-state index contributed by atoms with van der Waals surface area (Å²) in [6.07, 6.45) is 0.900. The number of rotatable bonds is 2. The van der Waals surface area contributed by atoms with E-state index in [-0.39, 0.29) is 5.91 Å². The minimum Gasteiger partial charge on any atom is -0.465 e. The predicted octanol–water partition coefficient (Wildman–Crippen LogP) is 1.11. The first-order valence-electron chi connectivity index (χ1n) is 7.01. The Morgan fingerprint density at radius 3 is 2.62 bits per heavy atom. The van der Waals surface area contributed by atoms with Crippen molar-refractivity contribution in [3.63, 3.8) is 0 Å². The second kappa shape index (κ2) is 6.47. The van der Waals surface area contributed by atoms with Crippen LogP contribution in [-0.4, -0.2) is 50.1 Å². The number of carbonyl (C=O) groups excluding carboxylic acids is 2. The summed E-state index contributed by atoms with van der Waals surface area (Å²) < 4.78 is 4.74. The minimum absolute atomic E-state index is 0.101. The highest BCUT2D eigenvalue weighted by Crippen LogP contribution is 2.23. The maximum atomic E-state index is 11.7. The number of methoxy groups -OCH3 is 1. The van der Waals surface area contributed by atoms with Gasteiger partial charge in [0.2, 0.25) is 5.91 Å². The van der Waals surface area contributed by atoms with Gasteiger partial charge < -0.3 is 20.3 Å². The van der Waals surface area contributed by atoms with Gasteiger partial charge in [0, 0.05) is 44.5 Å². The van der Waals surface area contributed by atoms with E-state index in [9.17, 15) is 9.59 Å². The number of carbonyl (C=O) groups is 2. The molecule has 6 heteroatoms. The Morgan fingerprint density at radius 2 is 1.95 bits per heavy atom. The Hall–Kier alpha value is -2.24. The zero-order valence-electron chi connectivity index (χ0n) is 12.5. The summed E-state index contributed by atoms with van der Waals surface area (Å²) in [5, 5.41) is 0. The third-order valence-electron chi connectivity index (χ3n) is 3.75. The number of anilines is 2. The van der Waals surface area contributed by atoms with Crippen molar-refractivity contribution in [1.29, 1.82) is 0 Å². The lowest BCUT2D eigenvalue weighted by Crippen LogP contribution is -2.33. The van der Waals surface area contributed by atoms with E-state index in [1.165, 1.54) is 7.11 Å². The van der Waals surface area contributed by atoms with Crippen LogP contribution < -0.4 is 10.6 Å². The summed E-state index contributed by atoms with van der Waals surface area (Å²) in [6, 6.07) is 5.37. The molecule has 1 fully saturated rings.